The Bertz CT molecular complexity index is 875. The van der Waals surface area contributed by atoms with Crippen LogP contribution in [0.25, 0.3) is 0 Å². The third-order valence-corrected chi connectivity index (χ3v) is 5.10. The van der Waals surface area contributed by atoms with Crippen LogP contribution < -0.4 is 15.8 Å². The summed E-state index contributed by atoms with van der Waals surface area (Å²) < 4.78 is 5.38. The van der Waals surface area contributed by atoms with Gasteiger partial charge in [-0.05, 0) is 30.2 Å². The highest BCUT2D eigenvalue weighted by atomic mass is 16.5. The maximum Gasteiger partial charge on any atom is 0.255 e. The maximum absolute atomic E-state index is 10.9. The number of nitrogens with two attached hydrogens (primary N) is 1. The van der Waals surface area contributed by atoms with Crippen molar-refractivity contribution in [1.29, 1.82) is 0 Å². The van der Waals surface area contributed by atoms with E-state index in [-0.39, 0.29) is 6.61 Å². The second-order valence-electron chi connectivity index (χ2n) is 7.56. The molecule has 1 fully saturated rings. The molecule has 1 aliphatic rings. The molecule has 0 radical (unpaired) electrons. The van der Waals surface area contributed by atoms with Crippen LogP contribution in [-0.2, 0) is 17.9 Å². The molecule has 7 heteroatoms. The fraction of sp³-hybridized carbons (Fsp3) is 0.391. The molecule has 30 heavy (non-hydrogen) atoms. The van der Waals surface area contributed by atoms with Crippen LogP contribution in [0, 0.1) is 6.92 Å². The summed E-state index contributed by atoms with van der Waals surface area (Å²) in [6, 6.07) is 16.3. The van der Waals surface area contributed by atoms with E-state index in [9.17, 15) is 4.79 Å². The van der Waals surface area contributed by atoms with E-state index in [1.54, 1.807) is 0 Å². The van der Waals surface area contributed by atoms with E-state index in [1.807, 2.05) is 31.3 Å². The normalized spacial score (nSPS) is 15.1. The molecule has 160 valence electrons. The summed E-state index contributed by atoms with van der Waals surface area (Å²) in [6.07, 6.45) is 0. The van der Waals surface area contributed by atoms with Crippen molar-refractivity contribution in [1.82, 2.24) is 15.1 Å². The number of nitrogens with one attached hydrogen (secondary N) is 1. The van der Waals surface area contributed by atoms with E-state index in [1.165, 1.54) is 11.1 Å². The largest absolute Gasteiger partial charge is 0.484 e. The number of primary amides is 1. The van der Waals surface area contributed by atoms with Gasteiger partial charge in [-0.15, -0.1) is 0 Å². The van der Waals surface area contributed by atoms with Gasteiger partial charge in [0.25, 0.3) is 5.91 Å². The van der Waals surface area contributed by atoms with Crippen LogP contribution in [-0.4, -0.2) is 61.5 Å². The fourth-order valence-electron chi connectivity index (χ4n) is 3.60. The van der Waals surface area contributed by atoms with Crippen molar-refractivity contribution in [2.24, 2.45) is 10.7 Å². The molecular formula is C23H31N5O2. The predicted octanol–water partition coefficient (Wildman–Crippen LogP) is 1.75. The topological polar surface area (TPSA) is 83.2 Å². The van der Waals surface area contributed by atoms with Crippen LogP contribution in [0.4, 0.5) is 0 Å². The monoisotopic (exact) mass is 409 g/mol. The number of aryl methyl sites for hydroxylation is 1. The van der Waals surface area contributed by atoms with Gasteiger partial charge in [0.05, 0.1) is 0 Å². The van der Waals surface area contributed by atoms with Gasteiger partial charge in [0.2, 0.25) is 0 Å². The first kappa shape index (κ1) is 21.6. The molecule has 0 saturated carbocycles. The van der Waals surface area contributed by atoms with Crippen molar-refractivity contribution in [2.75, 3.05) is 39.8 Å². The summed E-state index contributed by atoms with van der Waals surface area (Å²) in [5.74, 6) is 1.04. The molecule has 1 aliphatic heterocycles. The first-order chi connectivity index (χ1) is 14.5. The van der Waals surface area contributed by atoms with Gasteiger partial charge in [0, 0.05) is 46.3 Å². The zero-order chi connectivity index (χ0) is 21.3. The third kappa shape index (κ3) is 6.49. The minimum Gasteiger partial charge on any atom is -0.484 e. The van der Waals surface area contributed by atoms with E-state index >= 15 is 0 Å². The second kappa shape index (κ2) is 10.6. The fourth-order valence-corrected chi connectivity index (χ4v) is 3.60. The van der Waals surface area contributed by atoms with Crippen molar-refractivity contribution in [3.8, 4) is 5.75 Å². The van der Waals surface area contributed by atoms with Gasteiger partial charge in [-0.1, -0.05) is 42.0 Å². The molecule has 1 amide bonds. The lowest BCUT2D eigenvalue weighted by Crippen LogP contribution is -2.52. The molecule has 1 heterocycles. The number of hydrogen-bond donors (Lipinski definition) is 2. The van der Waals surface area contributed by atoms with E-state index in [0.717, 1.165) is 44.2 Å². The average Bonchev–Trinajstić information content (AvgIpc) is 2.74. The minimum absolute atomic E-state index is 0.120. The summed E-state index contributed by atoms with van der Waals surface area (Å²) in [6.45, 7) is 7.52. The number of rotatable bonds is 7. The molecule has 3 N–H and O–H groups in total. The number of nitrogens with zero attached hydrogens (tertiary/aromatic N) is 3. The Morgan fingerprint density at radius 3 is 2.53 bits per heavy atom. The van der Waals surface area contributed by atoms with E-state index < -0.39 is 5.91 Å². The van der Waals surface area contributed by atoms with Gasteiger partial charge < -0.3 is 20.7 Å². The van der Waals surface area contributed by atoms with Crippen molar-refractivity contribution in [3.05, 3.63) is 65.2 Å². The van der Waals surface area contributed by atoms with Gasteiger partial charge >= 0.3 is 0 Å². The maximum atomic E-state index is 10.9. The van der Waals surface area contributed by atoms with E-state index in [2.05, 4.69) is 51.3 Å². The summed E-state index contributed by atoms with van der Waals surface area (Å²) >= 11 is 0. The van der Waals surface area contributed by atoms with Crippen LogP contribution in [0.3, 0.4) is 0 Å². The Balaban J connectivity index is 1.48. The number of carbonyl (C=O) groups is 1. The number of guanidine groups is 1. The Hall–Kier alpha value is -3.06. The summed E-state index contributed by atoms with van der Waals surface area (Å²) in [5, 5.41) is 3.43. The number of hydrogen-bond acceptors (Lipinski definition) is 4. The van der Waals surface area contributed by atoms with Gasteiger partial charge in [-0.2, -0.15) is 0 Å². The number of benzene rings is 2. The molecule has 0 bridgehead atoms. The second-order valence-corrected chi connectivity index (χ2v) is 7.56. The molecule has 2 aromatic carbocycles. The van der Waals surface area contributed by atoms with E-state index in [4.69, 9.17) is 10.5 Å². The Labute approximate surface area is 178 Å². The summed E-state index contributed by atoms with van der Waals surface area (Å²) in [7, 11) is 1.81. The molecule has 3 rings (SSSR count). The molecular weight excluding hydrogens is 378 g/mol. The smallest absolute Gasteiger partial charge is 0.255 e. The number of aliphatic imine (C=N–C) groups is 1. The average molecular weight is 410 g/mol. The van der Waals surface area contributed by atoms with Crippen LogP contribution >= 0.6 is 0 Å². The number of ether oxygens (including phenoxy) is 1. The Kier molecular flexibility index (Phi) is 7.68. The highest BCUT2D eigenvalue weighted by molar-refractivity contribution is 5.80. The molecule has 0 atom stereocenters. The molecule has 1 saturated heterocycles. The van der Waals surface area contributed by atoms with Crippen LogP contribution in [0.2, 0.25) is 0 Å². The number of piperazine rings is 1. The molecule has 0 aromatic heterocycles. The minimum atomic E-state index is -0.486. The standard InChI is InChI=1S/C23H31N5O2/c1-18-5-3-7-20(13-18)16-27-9-11-28(12-10-27)23(25-2)26-15-19-6-4-8-21(14-19)30-17-22(24)29/h3-8,13-14H,9-12,15-17H2,1-2H3,(H2,24,29)(H,25,26). The van der Waals surface area contributed by atoms with Gasteiger partial charge in [0.1, 0.15) is 5.75 Å². The third-order valence-electron chi connectivity index (χ3n) is 5.10. The lowest BCUT2D eigenvalue weighted by molar-refractivity contribution is -0.119. The lowest BCUT2D eigenvalue weighted by atomic mass is 10.1. The molecule has 0 aliphatic carbocycles. The molecule has 0 unspecified atom stereocenters. The van der Waals surface area contributed by atoms with Crippen molar-refractivity contribution in [2.45, 2.75) is 20.0 Å². The quantitative estimate of drug-likeness (QED) is 0.538. The van der Waals surface area contributed by atoms with Crippen molar-refractivity contribution in [3.63, 3.8) is 0 Å². The number of carbonyl (C=O) groups excluding carboxylic acids is 1. The van der Waals surface area contributed by atoms with Gasteiger partial charge in [0.15, 0.2) is 12.6 Å². The van der Waals surface area contributed by atoms with Crippen molar-refractivity contribution >= 4 is 11.9 Å². The Morgan fingerprint density at radius 2 is 1.83 bits per heavy atom. The van der Waals surface area contributed by atoms with Gasteiger partial charge in [-0.3, -0.25) is 14.7 Å². The molecule has 2 aromatic rings. The van der Waals surface area contributed by atoms with E-state index in [0.29, 0.717) is 12.3 Å². The van der Waals surface area contributed by atoms with Crippen LogP contribution in [0.5, 0.6) is 5.75 Å². The highest BCUT2D eigenvalue weighted by Crippen LogP contribution is 2.14. The van der Waals surface area contributed by atoms with Gasteiger partial charge in [-0.25, -0.2) is 0 Å². The van der Waals surface area contributed by atoms with Crippen LogP contribution in [0.15, 0.2) is 53.5 Å². The first-order valence-electron chi connectivity index (χ1n) is 10.3. The predicted molar refractivity (Wildman–Crippen MR) is 119 cm³/mol. The summed E-state index contributed by atoms with van der Waals surface area (Å²) in [4.78, 5) is 20.1. The zero-order valence-electron chi connectivity index (χ0n) is 17.8. The zero-order valence-corrected chi connectivity index (χ0v) is 17.8. The molecule has 0 spiro atoms. The van der Waals surface area contributed by atoms with Crippen molar-refractivity contribution < 1.29 is 9.53 Å². The lowest BCUT2D eigenvalue weighted by Gasteiger charge is -2.36. The highest BCUT2D eigenvalue weighted by Gasteiger charge is 2.19. The molecule has 7 nitrogen and oxygen atoms in total. The number of amides is 1. The first-order valence-corrected chi connectivity index (χ1v) is 10.3. The van der Waals surface area contributed by atoms with Crippen LogP contribution in [0.1, 0.15) is 16.7 Å². The SMILES string of the molecule is CN=C(NCc1cccc(OCC(N)=O)c1)N1CCN(Cc2cccc(C)c2)CC1. The summed E-state index contributed by atoms with van der Waals surface area (Å²) in [5.41, 5.74) is 8.86. The Morgan fingerprint density at radius 1 is 1.10 bits per heavy atom.